The summed E-state index contributed by atoms with van der Waals surface area (Å²) in [5.74, 6) is 1.29. The molecule has 0 atom stereocenters. The number of aldehydes is 1. The van der Waals surface area contributed by atoms with Crippen molar-refractivity contribution >= 4 is 6.29 Å². The number of nitrogens with zero attached hydrogens (tertiary/aromatic N) is 2. The molecule has 1 aliphatic carbocycles. The largest absolute Gasteiger partial charge is 0.494 e. The Morgan fingerprint density at radius 2 is 2.17 bits per heavy atom. The smallest absolute Gasteiger partial charge is 0.170 e. The number of hydrogen-bond donors (Lipinski definition) is 0. The van der Waals surface area contributed by atoms with Gasteiger partial charge in [-0.2, -0.15) is 5.10 Å². The molecule has 0 aliphatic heterocycles. The van der Waals surface area contributed by atoms with E-state index in [-0.39, 0.29) is 0 Å². The quantitative estimate of drug-likeness (QED) is 0.774. The number of benzene rings is 1. The van der Waals surface area contributed by atoms with Gasteiger partial charge in [0.05, 0.1) is 7.11 Å². The van der Waals surface area contributed by atoms with Gasteiger partial charge < -0.3 is 4.74 Å². The van der Waals surface area contributed by atoms with Crippen molar-refractivity contribution < 1.29 is 9.53 Å². The molecular formula is C14H14N2O2. The summed E-state index contributed by atoms with van der Waals surface area (Å²) >= 11 is 0. The highest BCUT2D eigenvalue weighted by Gasteiger charge is 2.29. The molecule has 3 rings (SSSR count). The number of ether oxygens (including phenoxy) is 1. The van der Waals surface area contributed by atoms with E-state index in [1.54, 1.807) is 7.11 Å². The fourth-order valence-corrected chi connectivity index (χ4v) is 2.14. The third-order valence-electron chi connectivity index (χ3n) is 3.19. The molecule has 0 bridgehead atoms. The van der Waals surface area contributed by atoms with E-state index in [4.69, 9.17) is 4.74 Å². The molecule has 1 aliphatic rings. The van der Waals surface area contributed by atoms with Gasteiger partial charge in [0.2, 0.25) is 0 Å². The Hall–Kier alpha value is -2.10. The summed E-state index contributed by atoms with van der Waals surface area (Å²) < 4.78 is 7.18. The molecule has 1 aromatic carbocycles. The number of carbonyl (C=O) groups excluding carboxylic acids is 1. The molecule has 92 valence electrons. The van der Waals surface area contributed by atoms with Crippen molar-refractivity contribution in [3.05, 3.63) is 41.7 Å². The highest BCUT2D eigenvalue weighted by atomic mass is 16.5. The molecule has 0 N–H and O–H groups in total. The molecule has 2 aromatic rings. The van der Waals surface area contributed by atoms with Crippen LogP contribution >= 0.6 is 0 Å². The van der Waals surface area contributed by atoms with Gasteiger partial charge in [0, 0.05) is 11.6 Å². The Morgan fingerprint density at radius 3 is 2.83 bits per heavy atom. The van der Waals surface area contributed by atoms with Crippen LogP contribution in [-0.4, -0.2) is 23.2 Å². The first-order valence-corrected chi connectivity index (χ1v) is 6.02. The van der Waals surface area contributed by atoms with Crippen molar-refractivity contribution in [2.75, 3.05) is 7.11 Å². The van der Waals surface area contributed by atoms with Gasteiger partial charge >= 0.3 is 0 Å². The van der Waals surface area contributed by atoms with E-state index in [1.165, 1.54) is 12.8 Å². The van der Waals surface area contributed by atoms with Crippen molar-refractivity contribution in [3.63, 3.8) is 0 Å². The normalized spacial score (nSPS) is 14.5. The Balaban J connectivity index is 2.14. The van der Waals surface area contributed by atoms with Gasteiger partial charge in [0.1, 0.15) is 17.1 Å². The summed E-state index contributed by atoms with van der Waals surface area (Å²) in [5, 5.41) is 4.34. The van der Waals surface area contributed by atoms with Gasteiger partial charge in [-0.15, -0.1) is 0 Å². The number of methoxy groups -OCH3 is 1. The second-order valence-corrected chi connectivity index (χ2v) is 4.47. The summed E-state index contributed by atoms with van der Waals surface area (Å²) in [5.41, 5.74) is 2.46. The fourth-order valence-electron chi connectivity index (χ4n) is 2.14. The topological polar surface area (TPSA) is 44.1 Å². The lowest BCUT2D eigenvalue weighted by Gasteiger charge is -2.10. The molecule has 18 heavy (non-hydrogen) atoms. The average molecular weight is 242 g/mol. The number of para-hydroxylation sites is 2. The van der Waals surface area contributed by atoms with Crippen LogP contribution in [0.4, 0.5) is 0 Å². The second kappa shape index (κ2) is 4.29. The molecule has 4 nitrogen and oxygen atoms in total. The molecule has 1 heterocycles. The summed E-state index contributed by atoms with van der Waals surface area (Å²) in [7, 11) is 1.64. The molecular weight excluding hydrogens is 228 g/mol. The highest BCUT2D eigenvalue weighted by molar-refractivity contribution is 5.72. The Morgan fingerprint density at radius 1 is 1.39 bits per heavy atom. The van der Waals surface area contributed by atoms with E-state index in [0.29, 0.717) is 11.6 Å². The van der Waals surface area contributed by atoms with Gasteiger partial charge in [-0.1, -0.05) is 12.1 Å². The number of rotatable bonds is 4. The van der Waals surface area contributed by atoms with Gasteiger partial charge in [0.15, 0.2) is 6.29 Å². The first-order chi connectivity index (χ1) is 8.83. The van der Waals surface area contributed by atoms with Crippen molar-refractivity contribution in [1.29, 1.82) is 0 Å². The lowest BCUT2D eigenvalue weighted by molar-refractivity contribution is 0.111. The molecule has 0 saturated heterocycles. The maximum absolute atomic E-state index is 10.9. The molecule has 0 spiro atoms. The zero-order chi connectivity index (χ0) is 12.5. The number of carbonyl (C=O) groups is 1. The Kier molecular flexibility index (Phi) is 2.63. The minimum absolute atomic E-state index is 0.475. The first kappa shape index (κ1) is 11.0. The maximum Gasteiger partial charge on any atom is 0.170 e. The minimum Gasteiger partial charge on any atom is -0.494 e. The van der Waals surface area contributed by atoms with Crippen LogP contribution in [0.3, 0.4) is 0 Å². The molecule has 4 heteroatoms. The van der Waals surface area contributed by atoms with Crippen LogP contribution in [0.25, 0.3) is 5.69 Å². The predicted octanol–water partition coefficient (Wildman–Crippen LogP) is 2.57. The molecule has 1 fully saturated rings. The third-order valence-corrected chi connectivity index (χ3v) is 3.19. The summed E-state index contributed by atoms with van der Waals surface area (Å²) in [6, 6.07) is 9.58. The highest BCUT2D eigenvalue weighted by Crippen LogP contribution is 2.41. The van der Waals surface area contributed by atoms with Crippen LogP contribution in [0.5, 0.6) is 5.75 Å². The van der Waals surface area contributed by atoms with E-state index < -0.39 is 0 Å². The molecule has 0 unspecified atom stereocenters. The van der Waals surface area contributed by atoms with Crippen molar-refractivity contribution in [2.24, 2.45) is 0 Å². The summed E-state index contributed by atoms with van der Waals surface area (Å²) in [6.07, 6.45) is 3.12. The van der Waals surface area contributed by atoms with Crippen molar-refractivity contribution in [3.8, 4) is 11.4 Å². The van der Waals surface area contributed by atoms with Crippen LogP contribution in [-0.2, 0) is 0 Å². The first-order valence-electron chi connectivity index (χ1n) is 6.02. The zero-order valence-electron chi connectivity index (χ0n) is 10.2. The van der Waals surface area contributed by atoms with Gasteiger partial charge in [-0.3, -0.25) is 4.79 Å². The number of aromatic nitrogens is 2. The van der Waals surface area contributed by atoms with Crippen LogP contribution < -0.4 is 4.74 Å². The van der Waals surface area contributed by atoms with E-state index >= 15 is 0 Å². The minimum atomic E-state index is 0.475. The van der Waals surface area contributed by atoms with E-state index in [2.05, 4.69) is 5.10 Å². The van der Waals surface area contributed by atoms with Crippen LogP contribution in [0.2, 0.25) is 0 Å². The van der Waals surface area contributed by atoms with Crippen LogP contribution in [0, 0.1) is 0 Å². The second-order valence-electron chi connectivity index (χ2n) is 4.47. The van der Waals surface area contributed by atoms with Gasteiger partial charge in [-0.25, -0.2) is 4.68 Å². The summed E-state index contributed by atoms with van der Waals surface area (Å²) in [4.78, 5) is 10.9. The Bertz CT molecular complexity index is 585. The monoisotopic (exact) mass is 242 g/mol. The maximum atomic E-state index is 10.9. The lowest BCUT2D eigenvalue weighted by atomic mass is 10.2. The van der Waals surface area contributed by atoms with Gasteiger partial charge in [-0.05, 0) is 31.0 Å². The van der Waals surface area contributed by atoms with Crippen LogP contribution in [0.15, 0.2) is 30.3 Å². The van der Waals surface area contributed by atoms with Gasteiger partial charge in [0.25, 0.3) is 0 Å². The fraction of sp³-hybridized carbons (Fsp3) is 0.286. The van der Waals surface area contributed by atoms with E-state index in [9.17, 15) is 4.79 Å². The molecule has 1 aromatic heterocycles. The van der Waals surface area contributed by atoms with E-state index in [1.807, 2.05) is 35.0 Å². The lowest BCUT2D eigenvalue weighted by Crippen LogP contribution is -2.03. The molecule has 0 radical (unpaired) electrons. The van der Waals surface area contributed by atoms with E-state index in [0.717, 1.165) is 23.4 Å². The van der Waals surface area contributed by atoms with Crippen molar-refractivity contribution in [1.82, 2.24) is 9.78 Å². The van der Waals surface area contributed by atoms with Crippen LogP contribution in [0.1, 0.15) is 34.9 Å². The zero-order valence-corrected chi connectivity index (χ0v) is 10.2. The molecule has 1 saturated carbocycles. The summed E-state index contributed by atoms with van der Waals surface area (Å²) in [6.45, 7) is 0. The standard InChI is InChI=1S/C14H14N2O2/c1-18-14-5-3-2-4-12(14)16-13(10-6-7-10)8-11(9-17)15-16/h2-5,8-10H,6-7H2,1H3. The third kappa shape index (κ3) is 1.79. The van der Waals surface area contributed by atoms with Crippen molar-refractivity contribution in [2.45, 2.75) is 18.8 Å². The molecule has 0 amide bonds. The number of hydrogen-bond acceptors (Lipinski definition) is 3. The SMILES string of the molecule is COc1ccccc1-n1nc(C=O)cc1C1CC1. The predicted molar refractivity (Wildman–Crippen MR) is 67.5 cm³/mol. The average Bonchev–Trinajstić information content (AvgIpc) is 3.18. The Labute approximate surface area is 105 Å².